The molecular weight excluding hydrogens is 515 g/mol. The van der Waals surface area contributed by atoms with Crippen molar-refractivity contribution in [3.05, 3.63) is 59.2 Å². The summed E-state index contributed by atoms with van der Waals surface area (Å²) < 4.78 is 73.3. The molecule has 37 heavy (non-hydrogen) atoms. The summed E-state index contributed by atoms with van der Waals surface area (Å²) in [4.78, 5) is 23.5. The molecule has 2 atom stereocenters. The van der Waals surface area contributed by atoms with Crippen LogP contribution in [0.2, 0.25) is 0 Å². The van der Waals surface area contributed by atoms with Gasteiger partial charge in [0.1, 0.15) is 12.3 Å². The van der Waals surface area contributed by atoms with Gasteiger partial charge in [0.25, 0.3) is 0 Å². The molecule has 0 saturated heterocycles. The molecule has 0 radical (unpaired) electrons. The van der Waals surface area contributed by atoms with E-state index in [1.807, 2.05) is 0 Å². The van der Waals surface area contributed by atoms with Crippen molar-refractivity contribution in [3.8, 4) is 0 Å². The van der Waals surface area contributed by atoms with Gasteiger partial charge < -0.3 is 21.1 Å². The number of amidine groups is 1. The third-order valence-electron chi connectivity index (χ3n) is 5.05. The average molecular weight is 544 g/mol. The molecule has 0 bridgehead atoms. The molecule has 0 spiro atoms. The van der Waals surface area contributed by atoms with E-state index in [-0.39, 0.29) is 18.0 Å². The van der Waals surface area contributed by atoms with Crippen LogP contribution in [0.5, 0.6) is 0 Å². The van der Waals surface area contributed by atoms with Gasteiger partial charge in [-0.2, -0.15) is 13.2 Å². The Morgan fingerprint density at radius 1 is 1.08 bits per heavy atom. The molecule has 6 N–H and O–H groups in total. The van der Waals surface area contributed by atoms with Crippen molar-refractivity contribution in [1.29, 1.82) is 5.41 Å². The zero-order valence-corrected chi connectivity index (χ0v) is 21.1. The van der Waals surface area contributed by atoms with E-state index in [1.165, 1.54) is 45.2 Å². The number of rotatable bonds is 11. The van der Waals surface area contributed by atoms with Crippen LogP contribution in [-0.2, 0) is 30.5 Å². The van der Waals surface area contributed by atoms with Crippen molar-refractivity contribution >= 4 is 33.4 Å². The Bertz CT molecular complexity index is 1250. The van der Waals surface area contributed by atoms with Gasteiger partial charge in [-0.25, -0.2) is 13.1 Å². The third kappa shape index (κ3) is 8.55. The summed E-state index contributed by atoms with van der Waals surface area (Å²) in [6, 6.07) is 6.90. The summed E-state index contributed by atoms with van der Waals surface area (Å²) in [6.07, 6.45) is -5.61. The summed E-state index contributed by atoms with van der Waals surface area (Å²) in [5, 5.41) is 12.3. The first-order valence-electron chi connectivity index (χ1n) is 10.9. The predicted molar refractivity (Wildman–Crippen MR) is 130 cm³/mol. The zero-order chi connectivity index (χ0) is 28.0. The zero-order valence-electron chi connectivity index (χ0n) is 20.3. The Morgan fingerprint density at radius 2 is 1.70 bits per heavy atom. The van der Waals surface area contributed by atoms with E-state index >= 15 is 0 Å². The van der Waals surface area contributed by atoms with Gasteiger partial charge in [0, 0.05) is 24.4 Å². The Labute approximate surface area is 212 Å². The molecule has 10 nitrogen and oxygen atoms in total. The molecule has 0 aromatic heterocycles. The summed E-state index contributed by atoms with van der Waals surface area (Å²) >= 11 is 0. The van der Waals surface area contributed by atoms with Gasteiger partial charge >= 0.3 is 6.18 Å². The standard InChI is InChI=1S/C23H28F3N5O5S/c1-13(12-36-3)31-37(34,35)19-9-6-16(10-18(19)23(24,25)26)14(2)29-20(32)11-21(33)30-17-7-4-15(5-8-17)22(27)28/h4-10,13-14,31H,11-12H2,1-3H3,(H3,27,28)(H,29,32)(H,30,33). The van der Waals surface area contributed by atoms with Crippen molar-refractivity contribution < 1.29 is 35.9 Å². The number of anilines is 1. The highest BCUT2D eigenvalue weighted by atomic mass is 32.2. The van der Waals surface area contributed by atoms with Crippen LogP contribution < -0.4 is 21.1 Å². The second kappa shape index (κ2) is 12.2. The monoisotopic (exact) mass is 543 g/mol. The molecule has 0 aliphatic carbocycles. The second-order valence-corrected chi connectivity index (χ2v) is 9.92. The first-order chi connectivity index (χ1) is 17.1. The average Bonchev–Trinajstić information content (AvgIpc) is 2.78. The number of carbonyl (C=O) groups excluding carboxylic acids is 2. The highest BCUT2D eigenvalue weighted by molar-refractivity contribution is 7.89. The Morgan fingerprint density at radius 3 is 2.24 bits per heavy atom. The van der Waals surface area contributed by atoms with Gasteiger partial charge in [0.05, 0.1) is 23.1 Å². The van der Waals surface area contributed by atoms with E-state index in [2.05, 4.69) is 15.4 Å². The lowest BCUT2D eigenvalue weighted by Crippen LogP contribution is -2.36. The largest absolute Gasteiger partial charge is 0.417 e. The van der Waals surface area contributed by atoms with E-state index in [1.54, 1.807) is 0 Å². The molecule has 14 heteroatoms. The lowest BCUT2D eigenvalue weighted by Gasteiger charge is -2.20. The smallest absolute Gasteiger partial charge is 0.384 e. The van der Waals surface area contributed by atoms with Gasteiger partial charge in [0.2, 0.25) is 21.8 Å². The lowest BCUT2D eigenvalue weighted by molar-refractivity contribution is -0.140. The maximum atomic E-state index is 13.7. The minimum Gasteiger partial charge on any atom is -0.384 e. The number of ether oxygens (including phenoxy) is 1. The summed E-state index contributed by atoms with van der Waals surface area (Å²) in [7, 11) is -3.20. The van der Waals surface area contributed by atoms with Crippen molar-refractivity contribution in [2.45, 2.75) is 43.4 Å². The van der Waals surface area contributed by atoms with Crippen LogP contribution in [0.1, 0.15) is 43.0 Å². The molecule has 2 aromatic carbocycles. The molecule has 0 aliphatic rings. The minimum absolute atomic E-state index is 0.00945. The van der Waals surface area contributed by atoms with Crippen LogP contribution in [0.25, 0.3) is 0 Å². The highest BCUT2D eigenvalue weighted by Gasteiger charge is 2.38. The van der Waals surface area contributed by atoms with Gasteiger partial charge in [-0.15, -0.1) is 0 Å². The fraction of sp³-hybridized carbons (Fsp3) is 0.348. The normalized spacial score (nSPS) is 13.5. The Kier molecular flexibility index (Phi) is 9.78. The van der Waals surface area contributed by atoms with E-state index in [4.69, 9.17) is 15.9 Å². The molecular formula is C23H28F3N5O5S. The van der Waals surface area contributed by atoms with Crippen LogP contribution in [-0.4, -0.2) is 45.8 Å². The number of hydrogen-bond donors (Lipinski definition) is 5. The SMILES string of the molecule is COCC(C)NS(=O)(=O)c1ccc(C(C)NC(=O)CC(=O)Nc2ccc(C(=N)N)cc2)cc1C(F)(F)F. The Balaban J connectivity index is 2.13. The molecule has 2 amide bonds. The number of nitrogens with one attached hydrogen (secondary N) is 4. The maximum Gasteiger partial charge on any atom is 0.417 e. The first kappa shape index (κ1) is 29.7. The number of carbonyl (C=O) groups is 2. The first-order valence-corrected chi connectivity index (χ1v) is 12.4. The fourth-order valence-corrected chi connectivity index (χ4v) is 4.78. The van der Waals surface area contributed by atoms with Crippen molar-refractivity contribution in [2.75, 3.05) is 19.0 Å². The van der Waals surface area contributed by atoms with Crippen LogP contribution in [0.15, 0.2) is 47.4 Å². The number of nitrogens with two attached hydrogens (primary N) is 1. The van der Waals surface area contributed by atoms with E-state index in [9.17, 15) is 31.2 Å². The molecule has 0 fully saturated rings. The van der Waals surface area contributed by atoms with Gasteiger partial charge in [-0.05, 0) is 55.8 Å². The Hall–Kier alpha value is -3.49. The number of sulfonamides is 1. The topological polar surface area (TPSA) is 163 Å². The van der Waals surface area contributed by atoms with Crippen molar-refractivity contribution in [1.82, 2.24) is 10.0 Å². The predicted octanol–water partition coefficient (Wildman–Crippen LogP) is 2.51. The van der Waals surface area contributed by atoms with E-state index in [0.717, 1.165) is 12.1 Å². The number of nitrogen functional groups attached to an aromatic ring is 1. The van der Waals surface area contributed by atoms with Crippen LogP contribution in [0, 0.1) is 5.41 Å². The number of halogens is 3. The van der Waals surface area contributed by atoms with E-state index < -0.39 is 57.0 Å². The number of benzene rings is 2. The van der Waals surface area contributed by atoms with Crippen LogP contribution >= 0.6 is 0 Å². The van der Waals surface area contributed by atoms with Gasteiger partial charge in [0.15, 0.2) is 0 Å². The van der Waals surface area contributed by atoms with Crippen LogP contribution in [0.3, 0.4) is 0 Å². The molecule has 0 heterocycles. The lowest BCUT2D eigenvalue weighted by atomic mass is 10.0. The minimum atomic E-state index is -4.99. The molecule has 202 valence electrons. The second-order valence-electron chi connectivity index (χ2n) is 8.24. The highest BCUT2D eigenvalue weighted by Crippen LogP contribution is 2.36. The van der Waals surface area contributed by atoms with Crippen molar-refractivity contribution in [3.63, 3.8) is 0 Å². The number of alkyl halides is 3. The molecule has 0 saturated carbocycles. The molecule has 0 aliphatic heterocycles. The summed E-state index contributed by atoms with van der Waals surface area (Å²) in [5.74, 6) is -1.58. The fourth-order valence-electron chi connectivity index (χ4n) is 3.35. The molecule has 2 aromatic rings. The maximum absolute atomic E-state index is 13.7. The number of amides is 2. The van der Waals surface area contributed by atoms with Gasteiger partial charge in [-0.1, -0.05) is 6.07 Å². The number of methoxy groups -OCH3 is 1. The summed E-state index contributed by atoms with van der Waals surface area (Å²) in [5.41, 5.74) is 4.76. The molecule has 2 rings (SSSR count). The van der Waals surface area contributed by atoms with Gasteiger partial charge in [-0.3, -0.25) is 15.0 Å². The molecule has 2 unspecified atom stereocenters. The number of hydrogen-bond acceptors (Lipinski definition) is 6. The van der Waals surface area contributed by atoms with E-state index in [0.29, 0.717) is 17.3 Å². The van der Waals surface area contributed by atoms with Crippen molar-refractivity contribution in [2.24, 2.45) is 5.73 Å². The summed E-state index contributed by atoms with van der Waals surface area (Å²) in [6.45, 7) is 2.80. The van der Waals surface area contributed by atoms with Crippen LogP contribution in [0.4, 0.5) is 18.9 Å². The quantitative estimate of drug-likeness (QED) is 0.166. The third-order valence-corrected chi connectivity index (χ3v) is 6.70.